The second kappa shape index (κ2) is 10.7. The number of ether oxygens (including phenoxy) is 2. The zero-order chi connectivity index (χ0) is 21.2. The Hall–Kier alpha value is -3.80. The Morgan fingerprint density at radius 2 is 1.50 bits per heavy atom. The molecule has 3 aromatic carbocycles. The smallest absolute Gasteiger partial charge is 0.411 e. The highest BCUT2D eigenvalue weighted by Crippen LogP contribution is 2.13. The molecular formula is C24H24N2O4. The summed E-state index contributed by atoms with van der Waals surface area (Å²) in [4.78, 5) is 23.7. The third kappa shape index (κ3) is 6.38. The average molecular weight is 404 g/mol. The molecule has 2 amide bonds. The van der Waals surface area contributed by atoms with Crippen LogP contribution in [-0.4, -0.2) is 18.6 Å². The average Bonchev–Trinajstić information content (AvgIpc) is 2.78. The first-order chi connectivity index (χ1) is 14.6. The molecule has 2 N–H and O–H groups in total. The summed E-state index contributed by atoms with van der Waals surface area (Å²) < 4.78 is 10.6. The first-order valence-corrected chi connectivity index (χ1v) is 9.72. The summed E-state index contributed by atoms with van der Waals surface area (Å²) in [6.07, 6.45) is -0.521. The van der Waals surface area contributed by atoms with Crippen molar-refractivity contribution in [2.24, 2.45) is 0 Å². The number of benzene rings is 3. The molecule has 0 aromatic heterocycles. The molecule has 0 atom stereocenters. The van der Waals surface area contributed by atoms with Crippen molar-refractivity contribution in [1.29, 1.82) is 0 Å². The summed E-state index contributed by atoms with van der Waals surface area (Å²) in [6.45, 7) is 2.94. The second-order valence-corrected chi connectivity index (χ2v) is 6.52. The van der Waals surface area contributed by atoms with E-state index in [0.717, 1.165) is 16.9 Å². The predicted molar refractivity (Wildman–Crippen MR) is 115 cm³/mol. The van der Waals surface area contributed by atoms with Crippen LogP contribution in [0.5, 0.6) is 5.75 Å². The SMILES string of the molecule is CCOC(=O)Nc1ccc(C(=O)NCc2ccc(COc3ccccc3)cc2)cc1. The molecule has 0 heterocycles. The summed E-state index contributed by atoms with van der Waals surface area (Å²) >= 11 is 0. The van der Waals surface area contributed by atoms with Gasteiger partial charge in [-0.1, -0.05) is 42.5 Å². The van der Waals surface area contributed by atoms with Crippen LogP contribution in [0.25, 0.3) is 0 Å². The highest BCUT2D eigenvalue weighted by molar-refractivity contribution is 5.95. The van der Waals surface area contributed by atoms with E-state index >= 15 is 0 Å². The zero-order valence-electron chi connectivity index (χ0n) is 16.8. The van der Waals surface area contributed by atoms with Crippen LogP contribution in [0.3, 0.4) is 0 Å². The predicted octanol–water partition coefficient (Wildman–Crippen LogP) is 4.76. The standard InChI is InChI=1S/C24H24N2O4/c1-2-29-24(28)26-21-14-12-20(13-15-21)23(27)25-16-18-8-10-19(11-9-18)17-30-22-6-4-3-5-7-22/h3-15H,2,16-17H2,1H3,(H,25,27)(H,26,28). The number of hydrogen-bond donors (Lipinski definition) is 2. The molecule has 0 spiro atoms. The lowest BCUT2D eigenvalue weighted by Gasteiger charge is -2.09. The number of nitrogens with one attached hydrogen (secondary N) is 2. The van der Waals surface area contributed by atoms with Gasteiger partial charge in [-0.2, -0.15) is 0 Å². The Morgan fingerprint density at radius 3 is 2.17 bits per heavy atom. The third-order valence-corrected chi connectivity index (χ3v) is 4.29. The Labute approximate surface area is 175 Å². The minimum atomic E-state index is -0.521. The van der Waals surface area contributed by atoms with Crippen LogP contribution in [-0.2, 0) is 17.9 Å². The zero-order valence-corrected chi connectivity index (χ0v) is 16.8. The lowest BCUT2D eigenvalue weighted by Crippen LogP contribution is -2.22. The maximum atomic E-state index is 12.3. The normalized spacial score (nSPS) is 10.2. The molecule has 0 saturated carbocycles. The fraction of sp³-hybridized carbons (Fsp3) is 0.167. The minimum Gasteiger partial charge on any atom is -0.489 e. The summed E-state index contributed by atoms with van der Waals surface area (Å²) in [5.41, 5.74) is 3.13. The maximum Gasteiger partial charge on any atom is 0.411 e. The van der Waals surface area contributed by atoms with Gasteiger partial charge in [-0.15, -0.1) is 0 Å². The van der Waals surface area contributed by atoms with Crippen molar-refractivity contribution in [2.45, 2.75) is 20.1 Å². The van der Waals surface area contributed by atoms with Crippen molar-refractivity contribution in [3.8, 4) is 5.75 Å². The molecule has 0 aliphatic heterocycles. The van der Waals surface area contributed by atoms with Gasteiger partial charge in [0.05, 0.1) is 6.61 Å². The summed E-state index contributed by atoms with van der Waals surface area (Å²) in [5, 5.41) is 5.48. The van der Waals surface area contributed by atoms with E-state index in [2.05, 4.69) is 10.6 Å². The number of hydrogen-bond acceptors (Lipinski definition) is 4. The molecule has 30 heavy (non-hydrogen) atoms. The van der Waals surface area contributed by atoms with Gasteiger partial charge in [0.25, 0.3) is 5.91 Å². The highest BCUT2D eigenvalue weighted by Gasteiger charge is 2.07. The fourth-order valence-electron chi connectivity index (χ4n) is 2.71. The molecule has 0 aliphatic rings. The Morgan fingerprint density at radius 1 is 0.833 bits per heavy atom. The van der Waals surface area contributed by atoms with E-state index in [-0.39, 0.29) is 5.91 Å². The summed E-state index contributed by atoms with van der Waals surface area (Å²) in [5.74, 6) is 0.645. The number of carbonyl (C=O) groups is 2. The molecule has 0 saturated heterocycles. The third-order valence-electron chi connectivity index (χ3n) is 4.29. The highest BCUT2D eigenvalue weighted by atomic mass is 16.5. The Bertz CT molecular complexity index is 955. The van der Waals surface area contributed by atoms with Crippen LogP contribution >= 0.6 is 0 Å². The molecule has 0 radical (unpaired) electrons. The van der Waals surface area contributed by atoms with E-state index < -0.39 is 6.09 Å². The molecule has 0 bridgehead atoms. The molecule has 3 aromatic rings. The first kappa shape index (κ1) is 20.9. The molecule has 6 heteroatoms. The van der Waals surface area contributed by atoms with Crippen LogP contribution < -0.4 is 15.4 Å². The molecule has 0 unspecified atom stereocenters. The van der Waals surface area contributed by atoms with Crippen LogP contribution in [0.1, 0.15) is 28.4 Å². The van der Waals surface area contributed by atoms with Gasteiger partial charge < -0.3 is 14.8 Å². The van der Waals surface area contributed by atoms with Gasteiger partial charge in [0, 0.05) is 17.8 Å². The van der Waals surface area contributed by atoms with Gasteiger partial charge in [0.2, 0.25) is 0 Å². The van der Waals surface area contributed by atoms with E-state index in [1.54, 1.807) is 31.2 Å². The van der Waals surface area contributed by atoms with Gasteiger partial charge in [-0.3, -0.25) is 10.1 Å². The van der Waals surface area contributed by atoms with Crippen molar-refractivity contribution in [1.82, 2.24) is 5.32 Å². The van der Waals surface area contributed by atoms with Crippen LogP contribution in [0, 0.1) is 0 Å². The van der Waals surface area contributed by atoms with E-state index in [4.69, 9.17) is 9.47 Å². The van der Waals surface area contributed by atoms with Crippen molar-refractivity contribution in [3.05, 3.63) is 95.6 Å². The minimum absolute atomic E-state index is 0.186. The van der Waals surface area contributed by atoms with E-state index in [1.165, 1.54) is 0 Å². The molecule has 0 fully saturated rings. The van der Waals surface area contributed by atoms with Gasteiger partial charge in [0.1, 0.15) is 12.4 Å². The molecular weight excluding hydrogens is 380 g/mol. The number of carbonyl (C=O) groups excluding carboxylic acids is 2. The number of anilines is 1. The quantitative estimate of drug-likeness (QED) is 0.567. The number of para-hydroxylation sites is 1. The topological polar surface area (TPSA) is 76.7 Å². The van der Waals surface area contributed by atoms with Crippen molar-refractivity contribution in [2.75, 3.05) is 11.9 Å². The van der Waals surface area contributed by atoms with Gasteiger partial charge in [-0.25, -0.2) is 4.79 Å². The van der Waals surface area contributed by atoms with E-state index in [1.807, 2.05) is 54.6 Å². The molecule has 6 nitrogen and oxygen atoms in total. The Balaban J connectivity index is 1.46. The molecule has 154 valence electrons. The van der Waals surface area contributed by atoms with Crippen molar-refractivity contribution < 1.29 is 19.1 Å². The fourth-order valence-corrected chi connectivity index (χ4v) is 2.71. The van der Waals surface area contributed by atoms with Gasteiger partial charge >= 0.3 is 6.09 Å². The van der Waals surface area contributed by atoms with Crippen LogP contribution in [0.2, 0.25) is 0 Å². The number of rotatable bonds is 8. The van der Waals surface area contributed by atoms with Crippen molar-refractivity contribution in [3.63, 3.8) is 0 Å². The summed E-state index contributed by atoms with van der Waals surface area (Å²) in [7, 11) is 0. The van der Waals surface area contributed by atoms with Crippen LogP contribution in [0.15, 0.2) is 78.9 Å². The second-order valence-electron chi connectivity index (χ2n) is 6.52. The van der Waals surface area contributed by atoms with Crippen LogP contribution in [0.4, 0.5) is 10.5 Å². The number of amides is 2. The van der Waals surface area contributed by atoms with Gasteiger partial charge in [-0.05, 0) is 54.4 Å². The van der Waals surface area contributed by atoms with Gasteiger partial charge in [0.15, 0.2) is 0 Å². The summed E-state index contributed by atoms with van der Waals surface area (Å²) in [6, 6.07) is 24.2. The lowest BCUT2D eigenvalue weighted by molar-refractivity contribution is 0.0951. The lowest BCUT2D eigenvalue weighted by atomic mass is 10.1. The maximum absolute atomic E-state index is 12.3. The van der Waals surface area contributed by atoms with E-state index in [9.17, 15) is 9.59 Å². The monoisotopic (exact) mass is 404 g/mol. The van der Waals surface area contributed by atoms with Crippen molar-refractivity contribution >= 4 is 17.7 Å². The first-order valence-electron chi connectivity index (χ1n) is 9.72. The Kier molecular flexibility index (Phi) is 7.44. The molecule has 0 aliphatic carbocycles. The molecule has 3 rings (SSSR count). The van der Waals surface area contributed by atoms with E-state index in [0.29, 0.717) is 31.0 Å². The largest absolute Gasteiger partial charge is 0.489 e.